The first kappa shape index (κ1) is 18.7. The molecule has 0 aliphatic carbocycles. The van der Waals surface area contributed by atoms with Crippen LogP contribution < -0.4 is 0 Å². The van der Waals surface area contributed by atoms with E-state index in [1.165, 1.54) is 0 Å². The number of esters is 1. The van der Waals surface area contributed by atoms with Crippen molar-refractivity contribution in [3.8, 4) is 0 Å². The average Bonchev–Trinajstić information content (AvgIpc) is 2.55. The molecule has 0 N–H and O–H groups in total. The molecule has 1 aromatic heterocycles. The first-order chi connectivity index (χ1) is 11.3. The van der Waals surface area contributed by atoms with Crippen molar-refractivity contribution in [1.82, 2.24) is 14.8 Å². The van der Waals surface area contributed by atoms with Gasteiger partial charge in [-0.1, -0.05) is 6.92 Å². The van der Waals surface area contributed by atoms with Gasteiger partial charge in [0.2, 0.25) is 0 Å². The highest BCUT2D eigenvalue weighted by Gasteiger charge is 2.35. The third kappa shape index (κ3) is 4.67. The van der Waals surface area contributed by atoms with Gasteiger partial charge in [-0.3, -0.25) is 4.90 Å². The van der Waals surface area contributed by atoms with Gasteiger partial charge in [0.1, 0.15) is 5.69 Å². The normalized spacial score (nSPS) is 17.0. The van der Waals surface area contributed by atoms with Gasteiger partial charge in [0.15, 0.2) is 0 Å². The first-order valence-electron chi connectivity index (χ1n) is 8.03. The molecule has 0 bridgehead atoms. The van der Waals surface area contributed by atoms with Crippen molar-refractivity contribution < 1.29 is 22.7 Å². The van der Waals surface area contributed by atoms with Gasteiger partial charge in [0, 0.05) is 38.9 Å². The van der Waals surface area contributed by atoms with E-state index in [-0.39, 0.29) is 24.4 Å². The Morgan fingerprint density at radius 1 is 1.21 bits per heavy atom. The Morgan fingerprint density at radius 2 is 1.83 bits per heavy atom. The second-order valence-electron chi connectivity index (χ2n) is 5.66. The van der Waals surface area contributed by atoms with Crippen LogP contribution in [-0.2, 0) is 17.5 Å². The van der Waals surface area contributed by atoms with Crippen LogP contribution in [-0.4, -0.2) is 60.1 Å². The lowest BCUT2D eigenvalue weighted by Crippen LogP contribution is -2.45. The van der Waals surface area contributed by atoms with Crippen molar-refractivity contribution >= 4 is 5.97 Å². The number of alkyl halides is 3. The highest BCUT2D eigenvalue weighted by Crippen LogP contribution is 2.33. The quantitative estimate of drug-likeness (QED) is 0.767. The molecule has 0 radical (unpaired) electrons. The highest BCUT2D eigenvalue weighted by molar-refractivity contribution is 5.87. The predicted octanol–water partition coefficient (Wildman–Crippen LogP) is 2.41. The SMILES string of the molecule is CCOC(=O)c1cc(C(F)(F)F)c(CN2CCN(CC)CC2)cn1. The summed E-state index contributed by atoms with van der Waals surface area (Å²) in [5.41, 5.74) is -1.05. The Balaban J connectivity index is 2.18. The summed E-state index contributed by atoms with van der Waals surface area (Å²) in [5.74, 6) is -0.842. The largest absolute Gasteiger partial charge is 0.461 e. The number of aromatic nitrogens is 1. The third-order valence-corrected chi connectivity index (χ3v) is 4.08. The van der Waals surface area contributed by atoms with E-state index in [0.29, 0.717) is 13.1 Å². The Kier molecular flexibility index (Phi) is 6.17. The number of hydrogen-bond donors (Lipinski definition) is 0. The zero-order chi connectivity index (χ0) is 17.7. The number of pyridine rings is 1. The van der Waals surface area contributed by atoms with Crippen LogP contribution in [0.1, 0.15) is 35.5 Å². The molecule has 1 saturated heterocycles. The molecule has 0 saturated carbocycles. The number of halogens is 3. The van der Waals surface area contributed by atoms with E-state index in [9.17, 15) is 18.0 Å². The van der Waals surface area contributed by atoms with Gasteiger partial charge in [-0.05, 0) is 25.1 Å². The van der Waals surface area contributed by atoms with Gasteiger partial charge < -0.3 is 9.64 Å². The summed E-state index contributed by atoms with van der Waals surface area (Å²) in [6.45, 7) is 7.96. The molecular weight excluding hydrogens is 323 g/mol. The van der Waals surface area contributed by atoms with Crippen molar-refractivity contribution in [3.63, 3.8) is 0 Å². The Morgan fingerprint density at radius 3 is 2.38 bits per heavy atom. The minimum absolute atomic E-state index is 0.0838. The summed E-state index contributed by atoms with van der Waals surface area (Å²) in [4.78, 5) is 19.7. The summed E-state index contributed by atoms with van der Waals surface area (Å²) in [5, 5.41) is 0. The minimum atomic E-state index is -4.54. The molecule has 1 aromatic rings. The molecule has 0 unspecified atom stereocenters. The molecule has 24 heavy (non-hydrogen) atoms. The van der Waals surface area contributed by atoms with Crippen molar-refractivity contribution in [3.05, 3.63) is 29.1 Å². The van der Waals surface area contributed by atoms with Gasteiger partial charge in [0.05, 0.1) is 12.2 Å². The van der Waals surface area contributed by atoms with Crippen LogP contribution in [0, 0.1) is 0 Å². The van der Waals surface area contributed by atoms with E-state index in [1.54, 1.807) is 6.92 Å². The Bertz CT molecular complexity index is 570. The van der Waals surface area contributed by atoms with E-state index in [2.05, 4.69) is 16.8 Å². The number of carbonyl (C=O) groups excluding carboxylic acids is 1. The third-order valence-electron chi connectivity index (χ3n) is 4.08. The van der Waals surface area contributed by atoms with Crippen LogP contribution in [0.2, 0.25) is 0 Å². The maximum atomic E-state index is 13.3. The molecule has 0 spiro atoms. The van der Waals surface area contributed by atoms with Crippen LogP contribution in [0.15, 0.2) is 12.3 Å². The zero-order valence-electron chi connectivity index (χ0n) is 13.9. The standard InChI is InChI=1S/C16H22F3N3O2/c1-3-21-5-7-22(8-6-21)11-12-10-20-14(15(23)24-4-2)9-13(12)16(17,18)19/h9-10H,3-8,11H2,1-2H3. The van der Waals surface area contributed by atoms with E-state index in [0.717, 1.165) is 31.9 Å². The van der Waals surface area contributed by atoms with Crippen LogP contribution in [0.5, 0.6) is 0 Å². The summed E-state index contributed by atoms with van der Waals surface area (Å²) in [7, 11) is 0. The summed E-state index contributed by atoms with van der Waals surface area (Å²) in [6, 6.07) is 0.787. The molecule has 0 aromatic carbocycles. The van der Waals surface area contributed by atoms with E-state index >= 15 is 0 Å². The number of carbonyl (C=O) groups is 1. The fraction of sp³-hybridized carbons (Fsp3) is 0.625. The number of nitrogens with zero attached hydrogens (tertiary/aromatic N) is 3. The summed E-state index contributed by atoms with van der Waals surface area (Å²) in [6.07, 6.45) is -3.40. The lowest BCUT2D eigenvalue weighted by atomic mass is 10.1. The second-order valence-corrected chi connectivity index (χ2v) is 5.66. The molecule has 1 fully saturated rings. The molecule has 1 aliphatic heterocycles. The number of hydrogen-bond acceptors (Lipinski definition) is 5. The Labute approximate surface area is 139 Å². The molecule has 5 nitrogen and oxygen atoms in total. The first-order valence-corrected chi connectivity index (χ1v) is 8.03. The molecule has 0 atom stereocenters. The smallest absolute Gasteiger partial charge is 0.416 e. The molecule has 2 rings (SSSR count). The fourth-order valence-corrected chi connectivity index (χ4v) is 2.69. The maximum absolute atomic E-state index is 13.3. The van der Waals surface area contributed by atoms with E-state index in [4.69, 9.17) is 4.74 Å². The van der Waals surface area contributed by atoms with Gasteiger partial charge in [-0.2, -0.15) is 13.2 Å². The molecular formula is C16H22F3N3O2. The van der Waals surface area contributed by atoms with Gasteiger partial charge in [0.25, 0.3) is 0 Å². The van der Waals surface area contributed by atoms with Crippen LogP contribution in [0.25, 0.3) is 0 Å². The molecule has 1 aliphatic rings. The molecule has 2 heterocycles. The molecule has 134 valence electrons. The van der Waals surface area contributed by atoms with Crippen LogP contribution in [0.4, 0.5) is 13.2 Å². The highest BCUT2D eigenvalue weighted by atomic mass is 19.4. The Hall–Kier alpha value is -1.67. The lowest BCUT2D eigenvalue weighted by molar-refractivity contribution is -0.138. The second kappa shape index (κ2) is 7.94. The van der Waals surface area contributed by atoms with Gasteiger partial charge >= 0.3 is 12.1 Å². The molecule has 0 amide bonds. The van der Waals surface area contributed by atoms with Crippen molar-refractivity contribution in [2.75, 3.05) is 39.3 Å². The van der Waals surface area contributed by atoms with Crippen molar-refractivity contribution in [2.45, 2.75) is 26.6 Å². The number of ether oxygens (including phenoxy) is 1. The monoisotopic (exact) mass is 345 g/mol. The topological polar surface area (TPSA) is 45.7 Å². The fourth-order valence-electron chi connectivity index (χ4n) is 2.69. The number of rotatable bonds is 5. The molecule has 8 heteroatoms. The van der Waals surface area contributed by atoms with Crippen molar-refractivity contribution in [2.24, 2.45) is 0 Å². The van der Waals surface area contributed by atoms with E-state index < -0.39 is 17.7 Å². The summed E-state index contributed by atoms with van der Waals surface area (Å²) < 4.78 is 44.8. The lowest BCUT2D eigenvalue weighted by Gasteiger charge is -2.34. The van der Waals surface area contributed by atoms with Gasteiger partial charge in [-0.15, -0.1) is 0 Å². The van der Waals surface area contributed by atoms with Crippen molar-refractivity contribution in [1.29, 1.82) is 0 Å². The predicted molar refractivity (Wildman–Crippen MR) is 82.6 cm³/mol. The average molecular weight is 345 g/mol. The number of likely N-dealkylation sites (N-methyl/N-ethyl adjacent to an activating group) is 1. The number of piperazine rings is 1. The van der Waals surface area contributed by atoms with Crippen LogP contribution >= 0.6 is 0 Å². The minimum Gasteiger partial charge on any atom is -0.461 e. The van der Waals surface area contributed by atoms with Gasteiger partial charge in [-0.25, -0.2) is 9.78 Å². The van der Waals surface area contributed by atoms with E-state index in [1.807, 2.05) is 4.90 Å². The zero-order valence-corrected chi connectivity index (χ0v) is 13.9. The summed E-state index contributed by atoms with van der Waals surface area (Å²) >= 11 is 0. The maximum Gasteiger partial charge on any atom is 0.416 e. The van der Waals surface area contributed by atoms with Crippen LogP contribution in [0.3, 0.4) is 0 Å².